The number of aromatic nitrogens is 4. The predicted octanol–water partition coefficient (Wildman–Crippen LogP) is 3.21. The van der Waals surface area contributed by atoms with Gasteiger partial charge in [0.25, 0.3) is 0 Å². The molecule has 2 heterocycles. The third-order valence-corrected chi connectivity index (χ3v) is 3.81. The number of aliphatic hydroxyl groups excluding tert-OH is 1. The predicted molar refractivity (Wildman–Crippen MR) is 90.6 cm³/mol. The van der Waals surface area contributed by atoms with Crippen LogP contribution in [0.5, 0.6) is 0 Å². The second kappa shape index (κ2) is 6.52. The summed E-state index contributed by atoms with van der Waals surface area (Å²) in [7, 11) is 0. The van der Waals surface area contributed by atoms with Gasteiger partial charge in [-0.15, -0.1) is 0 Å². The zero-order valence-electron chi connectivity index (χ0n) is 12.9. The van der Waals surface area contributed by atoms with Gasteiger partial charge in [0.1, 0.15) is 0 Å². The molecule has 0 saturated carbocycles. The van der Waals surface area contributed by atoms with Gasteiger partial charge >= 0.3 is 0 Å². The van der Waals surface area contributed by atoms with E-state index in [-0.39, 0.29) is 24.0 Å². The summed E-state index contributed by atoms with van der Waals surface area (Å²) in [6.07, 6.45) is 1.72. The van der Waals surface area contributed by atoms with Crippen LogP contribution in [-0.2, 0) is 0 Å². The molecule has 0 bridgehead atoms. The van der Waals surface area contributed by atoms with E-state index in [0.29, 0.717) is 17.0 Å². The molecule has 120 valence electrons. The van der Waals surface area contributed by atoms with Gasteiger partial charge in [0.15, 0.2) is 17.0 Å². The fourth-order valence-electron chi connectivity index (χ4n) is 2.45. The molecule has 2 aromatic heterocycles. The highest BCUT2D eigenvalue weighted by Gasteiger charge is 2.17. The SMILES string of the molecule is CC(C)n1cnc2c(N[C@@H](CO)c3ccccc3)nc(Cl)nc21. The Morgan fingerprint density at radius 2 is 1.96 bits per heavy atom. The van der Waals surface area contributed by atoms with Crippen LogP contribution in [0.3, 0.4) is 0 Å². The van der Waals surface area contributed by atoms with Crippen molar-refractivity contribution in [3.8, 4) is 0 Å². The van der Waals surface area contributed by atoms with Crippen LogP contribution in [0, 0.1) is 0 Å². The molecule has 0 unspecified atom stereocenters. The number of nitrogens with zero attached hydrogens (tertiary/aromatic N) is 4. The van der Waals surface area contributed by atoms with Crippen LogP contribution in [0.1, 0.15) is 31.5 Å². The van der Waals surface area contributed by atoms with E-state index in [2.05, 4.69) is 20.3 Å². The van der Waals surface area contributed by atoms with Crippen molar-refractivity contribution in [1.82, 2.24) is 19.5 Å². The minimum absolute atomic E-state index is 0.0714. The summed E-state index contributed by atoms with van der Waals surface area (Å²) in [5, 5.41) is 13.1. The van der Waals surface area contributed by atoms with Gasteiger partial charge in [-0.05, 0) is 31.0 Å². The largest absolute Gasteiger partial charge is 0.394 e. The smallest absolute Gasteiger partial charge is 0.226 e. The molecule has 0 aliphatic carbocycles. The Bertz CT molecular complexity index is 803. The molecule has 3 rings (SSSR count). The minimum Gasteiger partial charge on any atom is -0.394 e. The van der Waals surface area contributed by atoms with E-state index in [9.17, 15) is 5.11 Å². The van der Waals surface area contributed by atoms with E-state index in [0.717, 1.165) is 5.56 Å². The first kappa shape index (κ1) is 15.7. The van der Waals surface area contributed by atoms with Crippen LogP contribution in [0.15, 0.2) is 36.7 Å². The van der Waals surface area contributed by atoms with Gasteiger partial charge in [-0.25, -0.2) is 4.98 Å². The van der Waals surface area contributed by atoms with E-state index in [1.54, 1.807) is 6.33 Å². The third kappa shape index (κ3) is 3.13. The molecule has 6 nitrogen and oxygen atoms in total. The standard InChI is InChI=1S/C16H18ClN5O/c1-10(2)22-9-18-13-14(20-16(17)21-15(13)22)19-12(8-23)11-6-4-3-5-7-11/h3-7,9-10,12,23H,8H2,1-2H3,(H,19,20,21)/t12-/m0/s1. The summed E-state index contributed by atoms with van der Waals surface area (Å²) in [4.78, 5) is 12.9. The molecule has 0 aliphatic heterocycles. The summed E-state index contributed by atoms with van der Waals surface area (Å²) >= 11 is 6.06. The van der Waals surface area contributed by atoms with Crippen molar-refractivity contribution in [2.24, 2.45) is 0 Å². The van der Waals surface area contributed by atoms with E-state index in [1.165, 1.54) is 0 Å². The molecule has 3 aromatic rings. The number of halogens is 1. The van der Waals surface area contributed by atoms with Gasteiger partial charge in [0.05, 0.1) is 19.0 Å². The lowest BCUT2D eigenvalue weighted by molar-refractivity contribution is 0.276. The molecular formula is C16H18ClN5O. The van der Waals surface area contributed by atoms with Crippen molar-refractivity contribution in [2.45, 2.75) is 25.9 Å². The second-order valence-electron chi connectivity index (χ2n) is 5.55. The number of nitrogens with one attached hydrogen (secondary N) is 1. The van der Waals surface area contributed by atoms with Crippen LogP contribution >= 0.6 is 11.6 Å². The molecule has 0 aliphatic rings. The molecule has 7 heteroatoms. The lowest BCUT2D eigenvalue weighted by Gasteiger charge is -2.17. The van der Waals surface area contributed by atoms with Crippen LogP contribution in [0.2, 0.25) is 5.28 Å². The van der Waals surface area contributed by atoms with Crippen molar-refractivity contribution < 1.29 is 5.11 Å². The van der Waals surface area contributed by atoms with Crippen molar-refractivity contribution >= 4 is 28.6 Å². The number of imidazole rings is 1. The summed E-state index contributed by atoms with van der Waals surface area (Å²) < 4.78 is 1.94. The Labute approximate surface area is 139 Å². The fourth-order valence-corrected chi connectivity index (χ4v) is 2.62. The van der Waals surface area contributed by atoms with Gasteiger partial charge < -0.3 is 15.0 Å². The summed E-state index contributed by atoms with van der Waals surface area (Å²) in [5.41, 5.74) is 2.27. The fraction of sp³-hybridized carbons (Fsp3) is 0.312. The molecule has 0 saturated heterocycles. The quantitative estimate of drug-likeness (QED) is 0.702. The molecule has 0 radical (unpaired) electrons. The normalized spacial score (nSPS) is 12.7. The molecule has 1 aromatic carbocycles. The zero-order chi connectivity index (χ0) is 16.4. The Balaban J connectivity index is 2.02. The van der Waals surface area contributed by atoms with E-state index in [4.69, 9.17) is 11.6 Å². The van der Waals surface area contributed by atoms with Gasteiger partial charge in [-0.1, -0.05) is 30.3 Å². The van der Waals surface area contributed by atoms with Crippen LogP contribution in [0.25, 0.3) is 11.2 Å². The maximum absolute atomic E-state index is 9.71. The molecular weight excluding hydrogens is 314 g/mol. The number of benzene rings is 1. The summed E-state index contributed by atoms with van der Waals surface area (Å²) in [6, 6.07) is 9.59. The van der Waals surface area contributed by atoms with Gasteiger partial charge in [0.2, 0.25) is 5.28 Å². The molecule has 0 amide bonds. The lowest BCUT2D eigenvalue weighted by Crippen LogP contribution is -2.16. The number of rotatable bonds is 5. The van der Waals surface area contributed by atoms with Crippen molar-refractivity contribution in [3.63, 3.8) is 0 Å². The van der Waals surface area contributed by atoms with Crippen molar-refractivity contribution in [2.75, 3.05) is 11.9 Å². The Kier molecular flexibility index (Phi) is 4.45. The Morgan fingerprint density at radius 1 is 1.22 bits per heavy atom. The first-order chi connectivity index (χ1) is 11.1. The van der Waals surface area contributed by atoms with E-state index < -0.39 is 0 Å². The van der Waals surface area contributed by atoms with Crippen molar-refractivity contribution in [3.05, 3.63) is 47.5 Å². The third-order valence-electron chi connectivity index (χ3n) is 3.65. The first-order valence-electron chi connectivity index (χ1n) is 7.42. The number of hydrogen-bond acceptors (Lipinski definition) is 5. The highest BCUT2D eigenvalue weighted by molar-refractivity contribution is 6.28. The minimum atomic E-state index is -0.297. The van der Waals surface area contributed by atoms with Gasteiger partial charge in [-0.2, -0.15) is 9.97 Å². The van der Waals surface area contributed by atoms with Crippen LogP contribution in [0.4, 0.5) is 5.82 Å². The number of fused-ring (bicyclic) bond motifs is 1. The average Bonchev–Trinajstić information content (AvgIpc) is 2.97. The maximum atomic E-state index is 9.71. The molecule has 2 N–H and O–H groups in total. The molecule has 0 fully saturated rings. The van der Waals surface area contributed by atoms with E-state index >= 15 is 0 Å². The monoisotopic (exact) mass is 331 g/mol. The van der Waals surface area contributed by atoms with Crippen LogP contribution < -0.4 is 5.32 Å². The Hall–Kier alpha value is -2.18. The zero-order valence-corrected chi connectivity index (χ0v) is 13.7. The molecule has 0 spiro atoms. The summed E-state index contributed by atoms with van der Waals surface area (Å²) in [6.45, 7) is 4.02. The number of hydrogen-bond donors (Lipinski definition) is 2. The number of anilines is 1. The molecule has 1 atom stereocenters. The highest BCUT2D eigenvalue weighted by Crippen LogP contribution is 2.26. The van der Waals surface area contributed by atoms with Gasteiger partial charge in [-0.3, -0.25) is 0 Å². The average molecular weight is 332 g/mol. The second-order valence-corrected chi connectivity index (χ2v) is 5.89. The van der Waals surface area contributed by atoms with Gasteiger partial charge in [0, 0.05) is 6.04 Å². The first-order valence-corrected chi connectivity index (χ1v) is 7.80. The van der Waals surface area contributed by atoms with Crippen molar-refractivity contribution in [1.29, 1.82) is 0 Å². The topological polar surface area (TPSA) is 75.9 Å². The molecule has 23 heavy (non-hydrogen) atoms. The highest BCUT2D eigenvalue weighted by atomic mass is 35.5. The number of aliphatic hydroxyl groups is 1. The Morgan fingerprint density at radius 3 is 2.61 bits per heavy atom. The lowest BCUT2D eigenvalue weighted by atomic mass is 10.1. The summed E-state index contributed by atoms with van der Waals surface area (Å²) in [5.74, 6) is 0.516. The maximum Gasteiger partial charge on any atom is 0.226 e. The van der Waals surface area contributed by atoms with E-state index in [1.807, 2.05) is 48.7 Å². The van der Waals surface area contributed by atoms with Crippen LogP contribution in [-0.4, -0.2) is 31.2 Å².